The molecule has 0 radical (unpaired) electrons. The van der Waals surface area contributed by atoms with Gasteiger partial charge in [0.05, 0.1) is 12.2 Å². The van der Waals surface area contributed by atoms with Crippen molar-refractivity contribution in [2.45, 2.75) is 51.6 Å². The van der Waals surface area contributed by atoms with E-state index >= 15 is 0 Å². The molecule has 7 nitrogen and oxygen atoms in total. The minimum Gasteiger partial charge on any atom is -0.462 e. The van der Waals surface area contributed by atoms with E-state index in [-0.39, 0.29) is 0 Å². The summed E-state index contributed by atoms with van der Waals surface area (Å²) in [5.41, 5.74) is 3.60. The Hall–Kier alpha value is -3.37. The maximum Gasteiger partial charge on any atom is 0.318 e. The number of likely N-dealkylation sites (tertiary alicyclic amines) is 1. The van der Waals surface area contributed by atoms with Crippen molar-refractivity contribution in [2.24, 2.45) is 5.92 Å². The van der Waals surface area contributed by atoms with Crippen LogP contribution in [0.15, 0.2) is 42.5 Å². The number of piperidine rings is 1. The molecule has 38 heavy (non-hydrogen) atoms. The standard InChI is InChI=1S/C31H38N6O/c1-3-35-16-8-12-25(35)22-38-31-33-28-21-36(29-14-6-11-24-10-4-5-13-26(24)29)18-15-27(28)30(34-31)37-17-7-9-23(20-37)19-32-2/h4-6,10-11,13-14,23,25H,3,7-9,12,15-22H2,1H3/t23-,25-/m0/s1. The van der Waals surface area contributed by atoms with Gasteiger partial charge < -0.3 is 19.4 Å². The molecule has 0 spiro atoms. The molecule has 3 aromatic rings. The third kappa shape index (κ3) is 5.02. The average molecular weight is 511 g/mol. The van der Waals surface area contributed by atoms with E-state index in [0.29, 0.717) is 31.1 Å². The highest BCUT2D eigenvalue weighted by molar-refractivity contribution is 5.94. The number of ether oxygens (including phenoxy) is 1. The van der Waals surface area contributed by atoms with E-state index in [1.165, 1.54) is 34.9 Å². The number of benzene rings is 2. The molecule has 4 heterocycles. The number of hydrogen-bond acceptors (Lipinski definition) is 6. The molecule has 2 saturated heterocycles. The van der Waals surface area contributed by atoms with E-state index in [2.05, 4.69) is 68.9 Å². The summed E-state index contributed by atoms with van der Waals surface area (Å²) in [6, 6.07) is 16.1. The highest BCUT2D eigenvalue weighted by Crippen LogP contribution is 2.35. The fourth-order valence-electron chi connectivity index (χ4n) is 6.61. The van der Waals surface area contributed by atoms with E-state index < -0.39 is 0 Å². The fourth-order valence-corrected chi connectivity index (χ4v) is 6.61. The first-order valence-corrected chi connectivity index (χ1v) is 14.3. The summed E-state index contributed by atoms with van der Waals surface area (Å²) < 4.78 is 6.35. The molecule has 0 bridgehead atoms. The normalized spacial score (nSPS) is 21.9. The van der Waals surface area contributed by atoms with Gasteiger partial charge in [-0.15, -0.1) is 0 Å². The number of likely N-dealkylation sites (N-methyl/N-ethyl adjacent to an activating group) is 1. The Morgan fingerprint density at radius 1 is 1.00 bits per heavy atom. The fraction of sp³-hybridized carbons (Fsp3) is 0.516. The summed E-state index contributed by atoms with van der Waals surface area (Å²) in [6.07, 6.45) is 5.54. The molecule has 2 aromatic carbocycles. The third-order valence-electron chi connectivity index (χ3n) is 8.61. The van der Waals surface area contributed by atoms with Crippen LogP contribution in [0, 0.1) is 12.5 Å². The summed E-state index contributed by atoms with van der Waals surface area (Å²) in [6.45, 7) is 16.6. The number of aromatic nitrogens is 2. The van der Waals surface area contributed by atoms with Crippen LogP contribution < -0.4 is 14.5 Å². The van der Waals surface area contributed by atoms with Crippen molar-refractivity contribution in [3.8, 4) is 6.01 Å². The third-order valence-corrected chi connectivity index (χ3v) is 8.61. The van der Waals surface area contributed by atoms with Crippen LogP contribution in [0.25, 0.3) is 15.6 Å². The predicted octanol–water partition coefficient (Wildman–Crippen LogP) is 5.19. The molecule has 198 valence electrons. The topological polar surface area (TPSA) is 49.1 Å². The number of nitrogens with zero attached hydrogens (tertiary/aromatic N) is 6. The van der Waals surface area contributed by atoms with Crippen LogP contribution in [0.5, 0.6) is 6.01 Å². The monoisotopic (exact) mass is 510 g/mol. The zero-order valence-electron chi connectivity index (χ0n) is 22.5. The molecule has 6 rings (SSSR count). The molecular weight excluding hydrogens is 472 g/mol. The van der Waals surface area contributed by atoms with Crippen LogP contribution >= 0.6 is 0 Å². The molecule has 2 atom stereocenters. The molecule has 0 saturated carbocycles. The molecule has 0 unspecified atom stereocenters. The Balaban J connectivity index is 1.31. The van der Waals surface area contributed by atoms with Gasteiger partial charge in [-0.05, 0) is 56.6 Å². The second-order valence-electron chi connectivity index (χ2n) is 11.0. The van der Waals surface area contributed by atoms with Gasteiger partial charge in [0.2, 0.25) is 6.54 Å². The predicted molar refractivity (Wildman–Crippen MR) is 153 cm³/mol. The zero-order valence-corrected chi connectivity index (χ0v) is 22.5. The second kappa shape index (κ2) is 11.2. The smallest absolute Gasteiger partial charge is 0.318 e. The van der Waals surface area contributed by atoms with Crippen LogP contribution in [0.2, 0.25) is 0 Å². The Morgan fingerprint density at radius 3 is 2.76 bits per heavy atom. The molecule has 0 N–H and O–H groups in total. The minimum atomic E-state index is 0.406. The average Bonchev–Trinajstić information content (AvgIpc) is 3.43. The van der Waals surface area contributed by atoms with E-state index in [4.69, 9.17) is 21.3 Å². The van der Waals surface area contributed by atoms with E-state index in [9.17, 15) is 0 Å². The van der Waals surface area contributed by atoms with Gasteiger partial charge >= 0.3 is 6.01 Å². The van der Waals surface area contributed by atoms with Crippen LogP contribution in [0.4, 0.5) is 11.5 Å². The molecule has 3 aliphatic heterocycles. The SMILES string of the molecule is [C-]#[N+]C[C@@H]1CCCN(c2nc(OC[C@@H]3CCCN3CC)nc3c2CCN(c2cccc4ccccc24)C3)C1. The maximum atomic E-state index is 7.38. The van der Waals surface area contributed by atoms with Crippen molar-refractivity contribution < 1.29 is 4.74 Å². The van der Waals surface area contributed by atoms with Gasteiger partial charge in [-0.1, -0.05) is 43.3 Å². The van der Waals surface area contributed by atoms with Gasteiger partial charge in [-0.25, -0.2) is 6.57 Å². The number of fused-ring (bicyclic) bond motifs is 2. The van der Waals surface area contributed by atoms with Crippen molar-refractivity contribution in [2.75, 3.05) is 55.7 Å². The molecule has 0 aliphatic carbocycles. The maximum absolute atomic E-state index is 7.38. The van der Waals surface area contributed by atoms with Crippen LogP contribution in [-0.4, -0.2) is 66.8 Å². The van der Waals surface area contributed by atoms with Crippen molar-refractivity contribution in [1.29, 1.82) is 0 Å². The van der Waals surface area contributed by atoms with Crippen LogP contribution in [0.3, 0.4) is 0 Å². The van der Waals surface area contributed by atoms with E-state index in [1.807, 2.05) is 0 Å². The lowest BCUT2D eigenvalue weighted by molar-refractivity contribution is 0.170. The van der Waals surface area contributed by atoms with Gasteiger partial charge in [0.15, 0.2) is 0 Å². The van der Waals surface area contributed by atoms with Gasteiger partial charge in [0.25, 0.3) is 0 Å². The molecule has 1 aromatic heterocycles. The highest BCUT2D eigenvalue weighted by Gasteiger charge is 2.30. The largest absolute Gasteiger partial charge is 0.462 e. The highest BCUT2D eigenvalue weighted by atomic mass is 16.5. The Morgan fingerprint density at radius 2 is 1.87 bits per heavy atom. The minimum absolute atomic E-state index is 0.406. The summed E-state index contributed by atoms with van der Waals surface area (Å²) in [7, 11) is 0. The quantitative estimate of drug-likeness (QED) is 0.408. The lowest BCUT2D eigenvalue weighted by atomic mass is 9.96. The van der Waals surface area contributed by atoms with Crippen molar-refractivity contribution in [3.63, 3.8) is 0 Å². The van der Waals surface area contributed by atoms with E-state index in [1.54, 1.807) is 0 Å². The van der Waals surface area contributed by atoms with Crippen LogP contribution in [0.1, 0.15) is 43.9 Å². The van der Waals surface area contributed by atoms with Crippen molar-refractivity contribution in [3.05, 3.63) is 65.1 Å². The zero-order chi connectivity index (χ0) is 25.9. The van der Waals surface area contributed by atoms with Crippen LogP contribution in [-0.2, 0) is 13.0 Å². The first kappa shape index (κ1) is 24.9. The van der Waals surface area contributed by atoms with Gasteiger partial charge in [0, 0.05) is 48.2 Å². The first-order valence-electron chi connectivity index (χ1n) is 14.3. The number of hydrogen-bond donors (Lipinski definition) is 0. The molecule has 0 amide bonds. The number of rotatable bonds is 7. The molecule has 3 aliphatic rings. The Labute approximate surface area is 226 Å². The van der Waals surface area contributed by atoms with Crippen molar-refractivity contribution in [1.82, 2.24) is 14.9 Å². The Bertz CT molecular complexity index is 1310. The van der Waals surface area contributed by atoms with Crippen molar-refractivity contribution >= 4 is 22.3 Å². The number of anilines is 2. The van der Waals surface area contributed by atoms with Gasteiger partial charge in [-0.3, -0.25) is 4.90 Å². The molecule has 7 heteroatoms. The lowest BCUT2D eigenvalue weighted by Gasteiger charge is -2.36. The Kier molecular flexibility index (Phi) is 7.33. The molecule has 2 fully saturated rings. The van der Waals surface area contributed by atoms with E-state index in [0.717, 1.165) is 70.0 Å². The van der Waals surface area contributed by atoms with Gasteiger partial charge in [0.1, 0.15) is 12.4 Å². The second-order valence-corrected chi connectivity index (χ2v) is 11.0. The summed E-state index contributed by atoms with van der Waals surface area (Å²) in [5, 5.41) is 2.54. The summed E-state index contributed by atoms with van der Waals surface area (Å²) in [4.78, 5) is 21.1. The molecular formula is C31H38N6O. The van der Waals surface area contributed by atoms with Gasteiger partial charge in [-0.2, -0.15) is 9.97 Å². The summed E-state index contributed by atoms with van der Waals surface area (Å²) in [5.74, 6) is 1.44. The summed E-state index contributed by atoms with van der Waals surface area (Å²) >= 11 is 0. The first-order chi connectivity index (χ1) is 18.7. The lowest BCUT2D eigenvalue weighted by Crippen LogP contribution is -2.40.